The summed E-state index contributed by atoms with van der Waals surface area (Å²) in [6.45, 7) is 0.00122. The third-order valence-electron chi connectivity index (χ3n) is 1.43. The van der Waals surface area contributed by atoms with Gasteiger partial charge in [0.05, 0.1) is 12.8 Å². The summed E-state index contributed by atoms with van der Waals surface area (Å²) < 4.78 is 0. The smallest absolute Gasteiger partial charge is 0.267 e. The molecule has 0 saturated carbocycles. The maximum Gasteiger partial charge on any atom is 0.267 e. The fourth-order valence-corrected chi connectivity index (χ4v) is 1.14. The van der Waals surface area contributed by atoms with Gasteiger partial charge in [0.2, 0.25) is 0 Å². The van der Waals surface area contributed by atoms with Crippen LogP contribution in [0.1, 0.15) is 12.0 Å². The van der Waals surface area contributed by atoms with E-state index < -0.39 is 0 Å². The summed E-state index contributed by atoms with van der Waals surface area (Å²) in [5.74, 6) is 5.30. The first-order valence-electron chi connectivity index (χ1n) is 4.01. The molecule has 2 N–H and O–H groups in total. The molecule has 1 aromatic heterocycles. The molecule has 1 heterocycles. The molecular formula is C9H10N2O2S. The quantitative estimate of drug-likeness (QED) is 0.416. The molecule has 0 spiro atoms. The van der Waals surface area contributed by atoms with Crippen molar-refractivity contribution in [1.82, 2.24) is 9.97 Å². The number of aliphatic hydroxyl groups excluding tert-OH is 1. The molecule has 0 atom stereocenters. The van der Waals surface area contributed by atoms with E-state index >= 15 is 0 Å². The van der Waals surface area contributed by atoms with Crippen molar-refractivity contribution in [3.05, 3.63) is 22.1 Å². The minimum atomic E-state index is -0.241. The van der Waals surface area contributed by atoms with E-state index in [1.807, 2.05) is 6.26 Å². The lowest BCUT2D eigenvalue weighted by Gasteiger charge is -1.93. The summed E-state index contributed by atoms with van der Waals surface area (Å²) in [6.07, 6.45) is 3.63. The van der Waals surface area contributed by atoms with Crippen LogP contribution in [-0.2, 0) is 0 Å². The molecule has 0 aromatic carbocycles. The number of rotatable bonds is 2. The Bertz CT molecular complexity index is 417. The van der Waals surface area contributed by atoms with Crippen LogP contribution in [0.25, 0.3) is 0 Å². The number of aromatic amines is 1. The summed E-state index contributed by atoms with van der Waals surface area (Å²) in [7, 11) is 0. The number of aliphatic hydroxyl groups is 1. The first-order chi connectivity index (χ1) is 6.77. The molecule has 0 aliphatic carbocycles. The monoisotopic (exact) mass is 210 g/mol. The van der Waals surface area contributed by atoms with Crippen molar-refractivity contribution in [3.63, 3.8) is 0 Å². The summed E-state index contributed by atoms with van der Waals surface area (Å²) in [6, 6.07) is 0. The molecule has 74 valence electrons. The highest BCUT2D eigenvalue weighted by atomic mass is 32.2. The molecule has 14 heavy (non-hydrogen) atoms. The van der Waals surface area contributed by atoms with Crippen LogP contribution in [0.3, 0.4) is 0 Å². The highest BCUT2D eigenvalue weighted by Gasteiger charge is 1.97. The van der Waals surface area contributed by atoms with Gasteiger partial charge in [-0.2, -0.15) is 0 Å². The van der Waals surface area contributed by atoms with Gasteiger partial charge in [-0.15, -0.1) is 0 Å². The van der Waals surface area contributed by atoms with Gasteiger partial charge in [0.15, 0.2) is 5.16 Å². The van der Waals surface area contributed by atoms with E-state index in [0.29, 0.717) is 17.1 Å². The lowest BCUT2D eigenvalue weighted by molar-refractivity contribution is 0.305. The predicted molar refractivity (Wildman–Crippen MR) is 55.2 cm³/mol. The van der Waals surface area contributed by atoms with Gasteiger partial charge in [0.1, 0.15) is 5.56 Å². The summed E-state index contributed by atoms with van der Waals surface area (Å²) in [5.41, 5.74) is 0.0889. The van der Waals surface area contributed by atoms with E-state index in [2.05, 4.69) is 21.8 Å². The van der Waals surface area contributed by atoms with Gasteiger partial charge in [-0.05, 0) is 6.26 Å². The van der Waals surface area contributed by atoms with E-state index in [4.69, 9.17) is 5.11 Å². The van der Waals surface area contributed by atoms with Gasteiger partial charge in [-0.3, -0.25) is 4.79 Å². The Morgan fingerprint density at radius 3 is 3.07 bits per heavy atom. The molecule has 0 saturated heterocycles. The van der Waals surface area contributed by atoms with E-state index in [0.717, 1.165) is 0 Å². The fourth-order valence-electron chi connectivity index (χ4n) is 0.785. The number of hydrogen-bond donors (Lipinski definition) is 2. The van der Waals surface area contributed by atoms with Crippen LogP contribution >= 0.6 is 11.8 Å². The number of nitrogens with one attached hydrogen (secondary N) is 1. The molecule has 1 rings (SSSR count). The molecule has 4 nitrogen and oxygen atoms in total. The zero-order valence-electron chi connectivity index (χ0n) is 7.70. The van der Waals surface area contributed by atoms with Crippen molar-refractivity contribution >= 4 is 11.8 Å². The van der Waals surface area contributed by atoms with Crippen LogP contribution < -0.4 is 5.56 Å². The van der Waals surface area contributed by atoms with Crippen molar-refractivity contribution < 1.29 is 5.11 Å². The third-order valence-corrected chi connectivity index (χ3v) is 2.02. The standard InChI is InChI=1S/C9H10N2O2S/c1-14-9-10-6-7(8(13)11-9)4-2-3-5-12/h6,12H,3,5H2,1H3,(H,10,11,13). The Hall–Kier alpha value is -1.25. The largest absolute Gasteiger partial charge is 0.395 e. The van der Waals surface area contributed by atoms with Crippen LogP contribution in [0.15, 0.2) is 16.1 Å². The Balaban J connectivity index is 2.91. The minimum absolute atomic E-state index is 0.00122. The van der Waals surface area contributed by atoms with Gasteiger partial charge in [0.25, 0.3) is 5.56 Å². The number of hydrogen-bond acceptors (Lipinski definition) is 4. The first kappa shape index (κ1) is 10.8. The van der Waals surface area contributed by atoms with Crippen LogP contribution in [0, 0.1) is 11.8 Å². The molecule has 0 fully saturated rings. The molecule has 0 unspecified atom stereocenters. The van der Waals surface area contributed by atoms with Crippen LogP contribution in [0.2, 0.25) is 0 Å². The number of H-pyrrole nitrogens is 1. The lowest BCUT2D eigenvalue weighted by atomic mass is 10.3. The number of thioether (sulfide) groups is 1. The normalized spacial score (nSPS) is 9.29. The first-order valence-corrected chi connectivity index (χ1v) is 5.23. The van der Waals surface area contributed by atoms with Crippen molar-refractivity contribution in [2.75, 3.05) is 12.9 Å². The van der Waals surface area contributed by atoms with Gasteiger partial charge in [-0.1, -0.05) is 23.6 Å². The second-order valence-corrected chi connectivity index (χ2v) is 3.21. The topological polar surface area (TPSA) is 66.0 Å². The minimum Gasteiger partial charge on any atom is -0.395 e. The Morgan fingerprint density at radius 1 is 1.71 bits per heavy atom. The van der Waals surface area contributed by atoms with E-state index in [1.54, 1.807) is 0 Å². The van der Waals surface area contributed by atoms with Gasteiger partial charge < -0.3 is 10.1 Å². The zero-order chi connectivity index (χ0) is 10.4. The molecule has 1 aromatic rings. The predicted octanol–water partition coefficient (Wildman–Crippen LogP) is 0.226. The zero-order valence-corrected chi connectivity index (χ0v) is 8.52. The van der Waals surface area contributed by atoms with Gasteiger partial charge in [-0.25, -0.2) is 4.98 Å². The Morgan fingerprint density at radius 2 is 2.50 bits per heavy atom. The van der Waals surface area contributed by atoms with Crippen molar-refractivity contribution in [1.29, 1.82) is 0 Å². The van der Waals surface area contributed by atoms with Crippen LogP contribution in [0.5, 0.6) is 0 Å². The second kappa shape index (κ2) is 5.47. The molecule has 0 amide bonds. The maximum absolute atomic E-state index is 11.3. The average Bonchev–Trinajstić information content (AvgIpc) is 2.20. The molecule has 5 heteroatoms. The second-order valence-electron chi connectivity index (χ2n) is 2.41. The van der Waals surface area contributed by atoms with E-state index in [1.165, 1.54) is 18.0 Å². The molecule has 0 radical (unpaired) electrons. The summed E-state index contributed by atoms with van der Waals surface area (Å²) >= 11 is 1.37. The lowest BCUT2D eigenvalue weighted by Crippen LogP contribution is -2.11. The van der Waals surface area contributed by atoms with Crippen molar-refractivity contribution in [3.8, 4) is 11.8 Å². The molecular weight excluding hydrogens is 200 g/mol. The van der Waals surface area contributed by atoms with Crippen LogP contribution in [-0.4, -0.2) is 27.9 Å². The SMILES string of the molecule is CSc1ncc(C#CCCO)c(=O)[nH]1. The number of nitrogens with zero attached hydrogens (tertiary/aromatic N) is 1. The Labute approximate surface area is 85.8 Å². The Kier molecular flexibility index (Phi) is 4.23. The molecule has 0 aliphatic rings. The average molecular weight is 210 g/mol. The van der Waals surface area contributed by atoms with E-state index in [9.17, 15) is 4.79 Å². The highest BCUT2D eigenvalue weighted by Crippen LogP contribution is 2.03. The van der Waals surface area contributed by atoms with Crippen molar-refractivity contribution in [2.45, 2.75) is 11.6 Å². The van der Waals surface area contributed by atoms with E-state index in [-0.39, 0.29) is 12.2 Å². The molecule has 0 bridgehead atoms. The summed E-state index contributed by atoms with van der Waals surface area (Å²) in [5, 5.41) is 9.06. The fraction of sp³-hybridized carbons (Fsp3) is 0.333. The highest BCUT2D eigenvalue weighted by molar-refractivity contribution is 7.98. The third kappa shape index (κ3) is 2.91. The summed E-state index contributed by atoms with van der Waals surface area (Å²) in [4.78, 5) is 17.9. The number of aromatic nitrogens is 2. The maximum atomic E-state index is 11.3. The van der Waals surface area contributed by atoms with Crippen LogP contribution in [0.4, 0.5) is 0 Å². The van der Waals surface area contributed by atoms with Crippen molar-refractivity contribution in [2.24, 2.45) is 0 Å². The van der Waals surface area contributed by atoms with Gasteiger partial charge in [0, 0.05) is 6.42 Å². The van der Waals surface area contributed by atoms with Gasteiger partial charge >= 0.3 is 0 Å². The molecule has 0 aliphatic heterocycles.